The van der Waals surface area contributed by atoms with E-state index < -0.39 is 10.0 Å². The second-order valence-corrected chi connectivity index (χ2v) is 6.89. The predicted octanol–water partition coefficient (Wildman–Crippen LogP) is 3.60. The molecular weight excluding hydrogens is 320 g/mol. The lowest BCUT2D eigenvalue weighted by atomic mass is 10.1. The van der Waals surface area contributed by atoms with Gasteiger partial charge < -0.3 is 0 Å². The van der Waals surface area contributed by atoms with Crippen LogP contribution in [0.3, 0.4) is 0 Å². The second-order valence-electron chi connectivity index (χ2n) is 4.80. The minimum atomic E-state index is -3.69. The summed E-state index contributed by atoms with van der Waals surface area (Å²) in [6, 6.07) is 13.8. The normalized spacial score (nSPS) is 12.2. The maximum atomic E-state index is 12.1. The monoisotopic (exact) mass is 336 g/mol. The van der Waals surface area contributed by atoms with E-state index in [1.54, 1.807) is 6.92 Å². The highest BCUT2D eigenvalue weighted by molar-refractivity contribution is 7.89. The first kappa shape index (κ1) is 16.5. The standard InChI is InChI=1S/C16H17ClN2O2S/c1-3-13-4-6-14(7-5-13)12(2)18-19-22(20,21)16-10-8-15(17)9-11-16/h4-11,19H,3H2,1-2H3. The fraction of sp³-hybridized carbons (Fsp3) is 0.188. The number of aryl methyl sites for hydroxylation is 1. The summed E-state index contributed by atoms with van der Waals surface area (Å²) in [4.78, 5) is 2.36. The molecule has 0 amide bonds. The topological polar surface area (TPSA) is 58.5 Å². The van der Waals surface area contributed by atoms with Crippen molar-refractivity contribution in [1.29, 1.82) is 0 Å². The molecule has 4 nitrogen and oxygen atoms in total. The van der Waals surface area contributed by atoms with E-state index in [4.69, 9.17) is 11.6 Å². The number of hydrogen-bond donors (Lipinski definition) is 1. The van der Waals surface area contributed by atoms with Gasteiger partial charge in [0.2, 0.25) is 0 Å². The Balaban J connectivity index is 2.16. The third kappa shape index (κ3) is 4.08. The van der Waals surface area contributed by atoms with Crippen molar-refractivity contribution in [2.75, 3.05) is 0 Å². The Bertz CT molecular complexity index is 767. The molecule has 0 fully saturated rings. The molecule has 6 heteroatoms. The molecule has 0 atom stereocenters. The van der Waals surface area contributed by atoms with Gasteiger partial charge in [0, 0.05) is 5.02 Å². The van der Waals surface area contributed by atoms with Gasteiger partial charge in [-0.1, -0.05) is 42.8 Å². The average molecular weight is 337 g/mol. The van der Waals surface area contributed by atoms with Crippen LogP contribution in [0.5, 0.6) is 0 Å². The van der Waals surface area contributed by atoms with Crippen LogP contribution >= 0.6 is 11.6 Å². The van der Waals surface area contributed by atoms with Crippen LogP contribution in [-0.4, -0.2) is 14.1 Å². The predicted molar refractivity (Wildman–Crippen MR) is 89.8 cm³/mol. The van der Waals surface area contributed by atoms with Crippen molar-refractivity contribution < 1.29 is 8.42 Å². The Hall–Kier alpha value is -1.85. The quantitative estimate of drug-likeness (QED) is 0.670. The Kier molecular flexibility index (Phi) is 5.21. The maximum absolute atomic E-state index is 12.1. The van der Waals surface area contributed by atoms with Gasteiger partial charge in [-0.25, -0.2) is 0 Å². The van der Waals surface area contributed by atoms with E-state index >= 15 is 0 Å². The van der Waals surface area contributed by atoms with Crippen molar-refractivity contribution in [3.63, 3.8) is 0 Å². The molecule has 0 bridgehead atoms. The number of benzene rings is 2. The molecule has 2 aromatic carbocycles. The first-order chi connectivity index (χ1) is 10.4. The zero-order valence-corrected chi connectivity index (χ0v) is 13.9. The van der Waals surface area contributed by atoms with Gasteiger partial charge in [-0.05, 0) is 48.7 Å². The first-order valence-corrected chi connectivity index (χ1v) is 8.69. The second kappa shape index (κ2) is 6.94. The van der Waals surface area contributed by atoms with E-state index in [1.807, 2.05) is 24.3 Å². The van der Waals surface area contributed by atoms with Crippen LogP contribution in [0.15, 0.2) is 58.5 Å². The summed E-state index contributed by atoms with van der Waals surface area (Å²) in [6.07, 6.45) is 0.958. The summed E-state index contributed by atoms with van der Waals surface area (Å²) in [6.45, 7) is 3.83. The first-order valence-electron chi connectivity index (χ1n) is 6.83. The Morgan fingerprint density at radius 2 is 1.68 bits per heavy atom. The van der Waals surface area contributed by atoms with Crippen LogP contribution in [0.4, 0.5) is 0 Å². The van der Waals surface area contributed by atoms with Crippen LogP contribution in [-0.2, 0) is 16.4 Å². The summed E-state index contributed by atoms with van der Waals surface area (Å²) in [5.41, 5.74) is 2.69. The lowest BCUT2D eigenvalue weighted by Crippen LogP contribution is -2.19. The SMILES string of the molecule is CCc1ccc(C(C)=NNS(=O)(=O)c2ccc(Cl)cc2)cc1. The molecule has 0 saturated heterocycles. The van der Waals surface area contributed by atoms with Crippen molar-refractivity contribution in [3.8, 4) is 0 Å². The van der Waals surface area contributed by atoms with E-state index in [2.05, 4.69) is 16.9 Å². The summed E-state index contributed by atoms with van der Waals surface area (Å²) in [5.74, 6) is 0. The maximum Gasteiger partial charge on any atom is 0.276 e. The van der Waals surface area contributed by atoms with E-state index in [0.29, 0.717) is 10.7 Å². The third-order valence-corrected chi connectivity index (χ3v) is 4.71. The minimum Gasteiger partial charge on any atom is -0.200 e. The van der Waals surface area contributed by atoms with Crippen molar-refractivity contribution in [2.45, 2.75) is 25.2 Å². The summed E-state index contributed by atoms with van der Waals surface area (Å²) in [7, 11) is -3.69. The van der Waals surface area contributed by atoms with E-state index in [0.717, 1.165) is 12.0 Å². The fourth-order valence-corrected chi connectivity index (χ4v) is 2.82. The summed E-state index contributed by atoms with van der Waals surface area (Å²) >= 11 is 5.75. The molecule has 22 heavy (non-hydrogen) atoms. The fourth-order valence-electron chi connectivity index (χ4n) is 1.84. The molecular formula is C16H17ClN2O2S. The molecule has 116 valence electrons. The molecule has 0 aliphatic rings. The number of hydrazone groups is 1. The molecule has 0 aliphatic heterocycles. The number of sulfonamides is 1. The highest BCUT2D eigenvalue weighted by atomic mass is 35.5. The highest BCUT2D eigenvalue weighted by Crippen LogP contribution is 2.14. The molecule has 1 N–H and O–H groups in total. The Morgan fingerprint density at radius 1 is 1.09 bits per heavy atom. The van der Waals surface area contributed by atoms with Gasteiger partial charge in [0.15, 0.2) is 0 Å². The molecule has 0 unspecified atom stereocenters. The van der Waals surface area contributed by atoms with Gasteiger partial charge in [-0.15, -0.1) is 0 Å². The van der Waals surface area contributed by atoms with E-state index in [-0.39, 0.29) is 4.90 Å². The van der Waals surface area contributed by atoms with E-state index in [1.165, 1.54) is 29.8 Å². The Labute approximate surface area is 135 Å². The number of nitrogens with zero attached hydrogens (tertiary/aromatic N) is 1. The van der Waals surface area contributed by atoms with Gasteiger partial charge in [0.05, 0.1) is 10.6 Å². The molecule has 2 rings (SSSR count). The van der Waals surface area contributed by atoms with Crippen molar-refractivity contribution in [2.24, 2.45) is 5.10 Å². The molecule has 2 aromatic rings. The zero-order chi connectivity index (χ0) is 16.2. The van der Waals surface area contributed by atoms with Gasteiger partial charge in [0.1, 0.15) is 0 Å². The van der Waals surface area contributed by atoms with Crippen LogP contribution in [0, 0.1) is 0 Å². The zero-order valence-electron chi connectivity index (χ0n) is 12.4. The molecule has 0 saturated carbocycles. The third-order valence-electron chi connectivity index (χ3n) is 3.24. The smallest absolute Gasteiger partial charge is 0.200 e. The van der Waals surface area contributed by atoms with Crippen LogP contribution < -0.4 is 4.83 Å². The summed E-state index contributed by atoms with van der Waals surface area (Å²) < 4.78 is 24.2. The lowest BCUT2D eigenvalue weighted by Gasteiger charge is -2.06. The largest absolute Gasteiger partial charge is 0.276 e. The molecule has 0 radical (unpaired) electrons. The summed E-state index contributed by atoms with van der Waals surface area (Å²) in [5, 5.41) is 4.45. The van der Waals surface area contributed by atoms with Gasteiger partial charge in [-0.3, -0.25) is 0 Å². The van der Waals surface area contributed by atoms with Gasteiger partial charge >= 0.3 is 0 Å². The van der Waals surface area contributed by atoms with Crippen molar-refractivity contribution in [1.82, 2.24) is 4.83 Å². The van der Waals surface area contributed by atoms with E-state index in [9.17, 15) is 8.42 Å². The molecule has 0 heterocycles. The number of rotatable bonds is 5. The van der Waals surface area contributed by atoms with Gasteiger partial charge in [-0.2, -0.15) is 18.4 Å². The Morgan fingerprint density at radius 3 is 2.23 bits per heavy atom. The number of hydrogen-bond acceptors (Lipinski definition) is 3. The average Bonchev–Trinajstić information content (AvgIpc) is 2.53. The van der Waals surface area contributed by atoms with Crippen LogP contribution in [0.25, 0.3) is 0 Å². The van der Waals surface area contributed by atoms with Gasteiger partial charge in [0.25, 0.3) is 10.0 Å². The van der Waals surface area contributed by atoms with Crippen molar-refractivity contribution >= 4 is 27.3 Å². The highest BCUT2D eigenvalue weighted by Gasteiger charge is 2.12. The molecule has 0 aliphatic carbocycles. The number of nitrogens with one attached hydrogen (secondary N) is 1. The van der Waals surface area contributed by atoms with Crippen LogP contribution in [0.2, 0.25) is 5.02 Å². The minimum absolute atomic E-state index is 0.120. The number of halogens is 1. The molecule has 0 aromatic heterocycles. The lowest BCUT2D eigenvalue weighted by molar-refractivity contribution is 0.584. The molecule has 0 spiro atoms. The van der Waals surface area contributed by atoms with Crippen molar-refractivity contribution in [3.05, 3.63) is 64.7 Å². The van der Waals surface area contributed by atoms with Crippen LogP contribution in [0.1, 0.15) is 25.0 Å².